The van der Waals surface area contributed by atoms with Crippen LogP contribution in [0.5, 0.6) is 11.6 Å². The third-order valence-corrected chi connectivity index (χ3v) is 4.01. The van der Waals surface area contributed by atoms with Gasteiger partial charge in [0.1, 0.15) is 5.75 Å². The maximum Gasteiger partial charge on any atom is 0.289 e. The van der Waals surface area contributed by atoms with Crippen LogP contribution in [0.2, 0.25) is 0 Å². The minimum absolute atomic E-state index is 0.164. The molecule has 0 fully saturated rings. The van der Waals surface area contributed by atoms with Gasteiger partial charge in [0.05, 0.1) is 6.20 Å². The molecule has 0 bridgehead atoms. The summed E-state index contributed by atoms with van der Waals surface area (Å²) in [4.78, 5) is 25.2. The number of ether oxygens (including phenoxy) is 1. The van der Waals surface area contributed by atoms with Crippen LogP contribution in [-0.4, -0.2) is 35.5 Å². The highest BCUT2D eigenvalue weighted by Gasteiger charge is 2.16. The minimum atomic E-state index is -0.370. The average molecular weight is 375 g/mol. The van der Waals surface area contributed by atoms with Gasteiger partial charge in [-0.25, -0.2) is 9.97 Å². The molecule has 4 heterocycles. The molecule has 4 aromatic heterocycles. The van der Waals surface area contributed by atoms with E-state index in [1.54, 1.807) is 35.1 Å². The van der Waals surface area contributed by atoms with Crippen LogP contribution < -0.4 is 10.1 Å². The molecule has 0 spiro atoms. The maximum absolute atomic E-state index is 12.6. The Hall–Kier alpha value is -3.88. The van der Waals surface area contributed by atoms with Crippen LogP contribution in [0.1, 0.15) is 27.6 Å². The van der Waals surface area contributed by atoms with Gasteiger partial charge >= 0.3 is 0 Å². The number of fused-ring (bicyclic) bond motifs is 1. The largest absolute Gasteiger partial charge is 0.437 e. The van der Waals surface area contributed by atoms with E-state index in [0.717, 1.165) is 17.0 Å². The molecular formula is C19H17N7O2. The van der Waals surface area contributed by atoms with Gasteiger partial charge in [0.15, 0.2) is 0 Å². The van der Waals surface area contributed by atoms with Gasteiger partial charge < -0.3 is 10.1 Å². The van der Waals surface area contributed by atoms with Gasteiger partial charge in [-0.3, -0.25) is 14.2 Å². The van der Waals surface area contributed by atoms with Gasteiger partial charge in [0.25, 0.3) is 11.7 Å². The fourth-order valence-electron chi connectivity index (χ4n) is 2.56. The van der Waals surface area contributed by atoms with Crippen molar-refractivity contribution in [1.29, 1.82) is 0 Å². The predicted octanol–water partition coefficient (Wildman–Crippen LogP) is 2.25. The number of carbonyl (C=O) groups excluding carboxylic acids is 1. The molecule has 140 valence electrons. The molecule has 9 nitrogen and oxygen atoms in total. The molecule has 0 atom stereocenters. The highest BCUT2D eigenvalue weighted by molar-refractivity contribution is 5.91. The number of aromatic nitrogens is 6. The van der Waals surface area contributed by atoms with E-state index in [4.69, 9.17) is 4.74 Å². The molecule has 0 saturated carbocycles. The summed E-state index contributed by atoms with van der Waals surface area (Å²) in [5.74, 6) is 1.14. The molecule has 9 heteroatoms. The molecule has 4 rings (SSSR count). The second kappa shape index (κ2) is 7.39. The van der Waals surface area contributed by atoms with E-state index < -0.39 is 0 Å². The summed E-state index contributed by atoms with van der Waals surface area (Å²) >= 11 is 0. The number of rotatable bonds is 5. The number of nitrogens with zero attached hydrogens (tertiary/aromatic N) is 6. The first kappa shape index (κ1) is 17.5. The molecule has 1 N–H and O–H groups in total. The Kier molecular flexibility index (Phi) is 4.63. The second-order valence-electron chi connectivity index (χ2n) is 6.15. The van der Waals surface area contributed by atoms with Crippen LogP contribution in [-0.2, 0) is 6.54 Å². The van der Waals surface area contributed by atoms with Crippen molar-refractivity contribution in [3.05, 3.63) is 71.7 Å². The van der Waals surface area contributed by atoms with E-state index in [2.05, 4.69) is 30.5 Å². The molecule has 0 aromatic carbocycles. The average Bonchev–Trinajstić information content (AvgIpc) is 3.12. The van der Waals surface area contributed by atoms with Crippen LogP contribution in [0.25, 0.3) is 5.78 Å². The van der Waals surface area contributed by atoms with Crippen molar-refractivity contribution in [2.24, 2.45) is 0 Å². The number of amides is 1. The Bertz CT molecular complexity index is 1140. The lowest BCUT2D eigenvalue weighted by Crippen LogP contribution is -2.25. The molecule has 0 aliphatic rings. The first-order valence-electron chi connectivity index (χ1n) is 8.61. The van der Waals surface area contributed by atoms with Crippen molar-refractivity contribution in [3.8, 4) is 11.6 Å². The Morgan fingerprint density at radius 2 is 2.00 bits per heavy atom. The molecule has 0 saturated heterocycles. The Morgan fingerprint density at radius 3 is 2.82 bits per heavy atom. The Labute approximate surface area is 160 Å². The Balaban J connectivity index is 1.50. The van der Waals surface area contributed by atoms with Gasteiger partial charge in [-0.1, -0.05) is 6.07 Å². The highest BCUT2D eigenvalue weighted by atomic mass is 16.5. The minimum Gasteiger partial charge on any atom is -0.437 e. The number of nitrogens with one attached hydrogen (secondary N) is 1. The zero-order valence-corrected chi connectivity index (χ0v) is 15.3. The molecule has 4 aromatic rings. The normalized spacial score (nSPS) is 10.8. The Morgan fingerprint density at radius 1 is 1.11 bits per heavy atom. The van der Waals surface area contributed by atoms with Crippen LogP contribution in [0.15, 0.2) is 48.9 Å². The van der Waals surface area contributed by atoms with Crippen LogP contribution in [0, 0.1) is 13.8 Å². The quantitative estimate of drug-likeness (QED) is 0.570. The highest BCUT2D eigenvalue weighted by Crippen LogP contribution is 2.22. The van der Waals surface area contributed by atoms with E-state index in [0.29, 0.717) is 17.4 Å². The summed E-state index contributed by atoms with van der Waals surface area (Å²) < 4.78 is 7.35. The maximum atomic E-state index is 12.6. The predicted molar refractivity (Wildman–Crippen MR) is 100.0 cm³/mol. The molecule has 0 aliphatic heterocycles. The van der Waals surface area contributed by atoms with E-state index in [-0.39, 0.29) is 18.3 Å². The van der Waals surface area contributed by atoms with Crippen LogP contribution >= 0.6 is 0 Å². The number of carbonyl (C=O) groups is 1. The van der Waals surface area contributed by atoms with Gasteiger partial charge in [-0.05, 0) is 38.1 Å². The zero-order valence-electron chi connectivity index (χ0n) is 15.3. The van der Waals surface area contributed by atoms with Crippen molar-refractivity contribution < 1.29 is 9.53 Å². The van der Waals surface area contributed by atoms with Crippen molar-refractivity contribution >= 4 is 11.7 Å². The SMILES string of the molecule is Cc1ccc(Oc2ncccc2CNC(=O)c2nnc3nc(C)ccn23)cn1. The number of hydrogen-bond donors (Lipinski definition) is 1. The van der Waals surface area contributed by atoms with Crippen molar-refractivity contribution in [2.45, 2.75) is 20.4 Å². The molecule has 0 unspecified atom stereocenters. The first-order valence-corrected chi connectivity index (χ1v) is 8.61. The zero-order chi connectivity index (χ0) is 19.5. The second-order valence-corrected chi connectivity index (χ2v) is 6.15. The molecule has 28 heavy (non-hydrogen) atoms. The lowest BCUT2D eigenvalue weighted by molar-refractivity contribution is 0.0939. The lowest BCUT2D eigenvalue weighted by Gasteiger charge is -2.10. The summed E-state index contributed by atoms with van der Waals surface area (Å²) in [5, 5.41) is 10.7. The smallest absolute Gasteiger partial charge is 0.289 e. The summed E-state index contributed by atoms with van der Waals surface area (Å²) in [6.07, 6.45) is 4.97. The van der Waals surface area contributed by atoms with Crippen LogP contribution in [0.3, 0.4) is 0 Å². The first-order chi connectivity index (χ1) is 13.6. The number of hydrogen-bond acceptors (Lipinski definition) is 7. The van der Waals surface area contributed by atoms with Crippen molar-refractivity contribution in [1.82, 2.24) is 34.9 Å². The van der Waals surface area contributed by atoms with Gasteiger partial charge in [0.2, 0.25) is 11.7 Å². The third kappa shape index (κ3) is 3.63. The molecule has 1 amide bonds. The lowest BCUT2D eigenvalue weighted by atomic mass is 10.2. The van der Waals surface area contributed by atoms with Gasteiger partial charge in [-0.15, -0.1) is 10.2 Å². The third-order valence-electron chi connectivity index (χ3n) is 4.01. The summed E-state index contributed by atoms with van der Waals surface area (Å²) in [5.41, 5.74) is 2.42. The number of pyridine rings is 2. The fourth-order valence-corrected chi connectivity index (χ4v) is 2.56. The van der Waals surface area contributed by atoms with Gasteiger partial charge in [0, 0.05) is 35.9 Å². The van der Waals surface area contributed by atoms with E-state index >= 15 is 0 Å². The topological polar surface area (TPSA) is 107 Å². The van der Waals surface area contributed by atoms with Crippen molar-refractivity contribution in [2.75, 3.05) is 0 Å². The summed E-state index contributed by atoms with van der Waals surface area (Å²) in [7, 11) is 0. The fraction of sp³-hybridized carbons (Fsp3) is 0.158. The van der Waals surface area contributed by atoms with Crippen molar-refractivity contribution in [3.63, 3.8) is 0 Å². The standard InChI is InChI=1S/C19H17N7O2/c1-12-5-6-15(11-21-12)28-18-14(4-3-8-20-18)10-22-17(27)16-24-25-19-23-13(2)7-9-26(16)19/h3-9,11H,10H2,1-2H3,(H,22,27). The molecule has 0 radical (unpaired) electrons. The van der Waals surface area contributed by atoms with Gasteiger partial charge in [-0.2, -0.15) is 0 Å². The molecule has 0 aliphatic carbocycles. The summed E-state index contributed by atoms with van der Waals surface area (Å²) in [6, 6.07) is 9.07. The molecular weight excluding hydrogens is 358 g/mol. The van der Waals surface area contributed by atoms with E-state index in [1.165, 1.54) is 0 Å². The van der Waals surface area contributed by atoms with Crippen LogP contribution in [0.4, 0.5) is 0 Å². The number of aryl methyl sites for hydroxylation is 2. The van der Waals surface area contributed by atoms with E-state index in [9.17, 15) is 4.79 Å². The van der Waals surface area contributed by atoms with E-state index in [1.807, 2.05) is 32.0 Å². The summed E-state index contributed by atoms with van der Waals surface area (Å²) in [6.45, 7) is 3.97. The monoisotopic (exact) mass is 375 g/mol.